The molecule has 0 unspecified atom stereocenters. The highest BCUT2D eigenvalue weighted by Crippen LogP contribution is 2.02. The van der Waals surface area contributed by atoms with E-state index in [1.54, 1.807) is 7.05 Å². The molecule has 1 heterocycles. The molecule has 4 nitrogen and oxygen atoms in total. The number of aromatic nitrogens is 1. The average Bonchev–Trinajstić information content (AvgIpc) is 2.29. The maximum atomic E-state index is 12.5. The maximum Gasteiger partial charge on any atom is 0.255 e. The van der Waals surface area contributed by atoms with Gasteiger partial charge in [-0.1, -0.05) is 0 Å². The van der Waals surface area contributed by atoms with Crippen molar-refractivity contribution in [1.29, 1.82) is 0 Å². The van der Waals surface area contributed by atoms with E-state index >= 15 is 0 Å². The topological polar surface area (TPSA) is 42.4 Å². The number of carbonyl (C=O) groups is 1. The van der Waals surface area contributed by atoms with Crippen molar-refractivity contribution in [1.82, 2.24) is 9.88 Å². The standard InChI is InChI=1S/C11H15FN2O2/c1-3-16-7-6-14(2)11(15)9-4-5-10(12)13-8-9/h4-5,8H,3,6-7H2,1-2H3. The minimum Gasteiger partial charge on any atom is -0.380 e. The quantitative estimate of drug-likeness (QED) is 0.562. The van der Waals surface area contributed by atoms with Gasteiger partial charge in [0.05, 0.1) is 12.2 Å². The maximum absolute atomic E-state index is 12.5. The number of pyridine rings is 1. The Morgan fingerprint density at radius 3 is 2.88 bits per heavy atom. The lowest BCUT2D eigenvalue weighted by molar-refractivity contribution is 0.0709. The van der Waals surface area contributed by atoms with Gasteiger partial charge in [-0.2, -0.15) is 4.39 Å². The third-order valence-corrected chi connectivity index (χ3v) is 2.10. The number of halogens is 1. The fraction of sp³-hybridized carbons (Fsp3) is 0.455. The van der Waals surface area contributed by atoms with Crippen LogP contribution < -0.4 is 0 Å². The summed E-state index contributed by atoms with van der Waals surface area (Å²) < 4.78 is 17.7. The number of likely N-dealkylation sites (N-methyl/N-ethyl adjacent to an activating group) is 1. The van der Waals surface area contributed by atoms with Gasteiger partial charge in [-0.15, -0.1) is 0 Å². The Balaban J connectivity index is 2.53. The molecule has 0 aromatic carbocycles. The molecule has 88 valence electrons. The number of carbonyl (C=O) groups excluding carboxylic acids is 1. The lowest BCUT2D eigenvalue weighted by atomic mass is 10.2. The molecule has 0 saturated heterocycles. The van der Waals surface area contributed by atoms with Crippen LogP contribution in [0.4, 0.5) is 4.39 Å². The van der Waals surface area contributed by atoms with Crippen LogP contribution in [0.2, 0.25) is 0 Å². The number of hydrogen-bond donors (Lipinski definition) is 0. The fourth-order valence-corrected chi connectivity index (χ4v) is 1.17. The molecule has 0 radical (unpaired) electrons. The van der Waals surface area contributed by atoms with E-state index in [1.807, 2.05) is 6.92 Å². The second-order valence-corrected chi connectivity index (χ2v) is 3.29. The monoisotopic (exact) mass is 226 g/mol. The summed E-state index contributed by atoms with van der Waals surface area (Å²) in [4.78, 5) is 16.7. The summed E-state index contributed by atoms with van der Waals surface area (Å²) in [6.45, 7) is 3.52. The minimum atomic E-state index is -0.589. The highest BCUT2D eigenvalue weighted by atomic mass is 19.1. The molecule has 0 aliphatic heterocycles. The Labute approximate surface area is 94.0 Å². The van der Waals surface area contributed by atoms with Gasteiger partial charge in [0, 0.05) is 26.4 Å². The summed E-state index contributed by atoms with van der Waals surface area (Å²) in [6.07, 6.45) is 1.23. The number of hydrogen-bond acceptors (Lipinski definition) is 3. The van der Waals surface area contributed by atoms with E-state index in [2.05, 4.69) is 4.98 Å². The van der Waals surface area contributed by atoms with E-state index in [-0.39, 0.29) is 5.91 Å². The Morgan fingerprint density at radius 1 is 1.56 bits per heavy atom. The molecular formula is C11H15FN2O2. The lowest BCUT2D eigenvalue weighted by Gasteiger charge is -2.16. The van der Waals surface area contributed by atoms with Crippen molar-refractivity contribution in [2.24, 2.45) is 0 Å². The van der Waals surface area contributed by atoms with Crippen LogP contribution >= 0.6 is 0 Å². The first-order valence-electron chi connectivity index (χ1n) is 5.10. The number of nitrogens with zero attached hydrogens (tertiary/aromatic N) is 2. The van der Waals surface area contributed by atoms with E-state index in [4.69, 9.17) is 4.74 Å². The van der Waals surface area contributed by atoms with Crippen molar-refractivity contribution in [2.75, 3.05) is 26.8 Å². The predicted octanol–water partition coefficient (Wildman–Crippen LogP) is 1.33. The third-order valence-electron chi connectivity index (χ3n) is 2.10. The third kappa shape index (κ3) is 3.58. The van der Waals surface area contributed by atoms with E-state index < -0.39 is 5.95 Å². The van der Waals surface area contributed by atoms with Crippen molar-refractivity contribution in [3.8, 4) is 0 Å². The molecule has 0 bridgehead atoms. The van der Waals surface area contributed by atoms with Gasteiger partial charge in [-0.25, -0.2) is 4.98 Å². The van der Waals surface area contributed by atoms with Crippen LogP contribution in [0.15, 0.2) is 18.3 Å². The summed E-state index contributed by atoms with van der Waals surface area (Å²) in [7, 11) is 1.67. The van der Waals surface area contributed by atoms with Gasteiger partial charge in [0.25, 0.3) is 5.91 Å². The summed E-state index contributed by atoms with van der Waals surface area (Å²) in [5, 5.41) is 0. The van der Waals surface area contributed by atoms with E-state index in [9.17, 15) is 9.18 Å². The van der Waals surface area contributed by atoms with E-state index in [1.165, 1.54) is 23.2 Å². The Kier molecular flexibility index (Phi) is 4.85. The largest absolute Gasteiger partial charge is 0.380 e. The van der Waals surface area contributed by atoms with Gasteiger partial charge in [-0.3, -0.25) is 4.79 Å². The zero-order valence-corrected chi connectivity index (χ0v) is 9.44. The first kappa shape index (κ1) is 12.6. The van der Waals surface area contributed by atoms with Crippen LogP contribution in [0.25, 0.3) is 0 Å². The Morgan fingerprint density at radius 2 is 2.31 bits per heavy atom. The molecule has 0 spiro atoms. The SMILES string of the molecule is CCOCCN(C)C(=O)c1ccc(F)nc1. The summed E-state index contributed by atoms with van der Waals surface area (Å²) in [5.41, 5.74) is 0.375. The van der Waals surface area contributed by atoms with Crippen molar-refractivity contribution < 1.29 is 13.9 Å². The van der Waals surface area contributed by atoms with E-state index in [0.29, 0.717) is 25.3 Å². The molecule has 0 fully saturated rings. The molecule has 0 atom stereocenters. The summed E-state index contributed by atoms with van der Waals surface area (Å²) in [6, 6.07) is 2.59. The van der Waals surface area contributed by atoms with Crippen LogP contribution in [0.1, 0.15) is 17.3 Å². The fourth-order valence-electron chi connectivity index (χ4n) is 1.17. The van der Waals surface area contributed by atoms with Crippen molar-refractivity contribution >= 4 is 5.91 Å². The van der Waals surface area contributed by atoms with Crippen molar-refractivity contribution in [3.63, 3.8) is 0 Å². The second-order valence-electron chi connectivity index (χ2n) is 3.29. The van der Waals surface area contributed by atoms with E-state index in [0.717, 1.165) is 0 Å². The molecule has 0 aliphatic rings. The van der Waals surface area contributed by atoms with Crippen LogP contribution in [-0.4, -0.2) is 42.6 Å². The molecule has 16 heavy (non-hydrogen) atoms. The molecule has 1 aromatic rings. The molecule has 1 aromatic heterocycles. The molecule has 0 N–H and O–H groups in total. The predicted molar refractivity (Wildman–Crippen MR) is 57.6 cm³/mol. The van der Waals surface area contributed by atoms with Crippen LogP contribution in [0.5, 0.6) is 0 Å². The van der Waals surface area contributed by atoms with Crippen LogP contribution in [0, 0.1) is 5.95 Å². The number of rotatable bonds is 5. The first-order valence-corrected chi connectivity index (χ1v) is 5.10. The van der Waals surface area contributed by atoms with Gasteiger partial charge < -0.3 is 9.64 Å². The summed E-state index contributed by atoms with van der Waals surface area (Å²) in [5.74, 6) is -0.777. The Hall–Kier alpha value is -1.49. The highest BCUT2D eigenvalue weighted by molar-refractivity contribution is 5.93. The smallest absolute Gasteiger partial charge is 0.255 e. The van der Waals surface area contributed by atoms with Crippen LogP contribution in [-0.2, 0) is 4.74 Å². The molecule has 1 rings (SSSR count). The number of amides is 1. The van der Waals surface area contributed by atoms with Crippen LogP contribution in [0.3, 0.4) is 0 Å². The summed E-state index contributed by atoms with van der Waals surface area (Å²) >= 11 is 0. The zero-order chi connectivity index (χ0) is 12.0. The van der Waals surface area contributed by atoms with Gasteiger partial charge in [0.2, 0.25) is 5.95 Å². The molecular weight excluding hydrogens is 211 g/mol. The van der Waals surface area contributed by atoms with Crippen molar-refractivity contribution in [2.45, 2.75) is 6.92 Å². The van der Waals surface area contributed by atoms with Crippen molar-refractivity contribution in [3.05, 3.63) is 29.8 Å². The zero-order valence-electron chi connectivity index (χ0n) is 9.44. The Bertz CT molecular complexity index is 340. The molecule has 5 heteroatoms. The normalized spacial score (nSPS) is 10.2. The molecule has 0 aliphatic carbocycles. The molecule has 1 amide bonds. The highest BCUT2D eigenvalue weighted by Gasteiger charge is 2.11. The first-order chi connectivity index (χ1) is 7.65. The second kappa shape index (κ2) is 6.17. The number of ether oxygens (including phenoxy) is 1. The molecule has 0 saturated carbocycles. The van der Waals surface area contributed by atoms with Gasteiger partial charge in [-0.05, 0) is 19.1 Å². The van der Waals surface area contributed by atoms with Gasteiger partial charge in [0.1, 0.15) is 0 Å². The van der Waals surface area contributed by atoms with Gasteiger partial charge in [0.15, 0.2) is 0 Å². The minimum absolute atomic E-state index is 0.188. The van der Waals surface area contributed by atoms with Gasteiger partial charge >= 0.3 is 0 Å². The average molecular weight is 226 g/mol. The lowest BCUT2D eigenvalue weighted by Crippen LogP contribution is -2.30.